The highest BCUT2D eigenvalue weighted by Gasteiger charge is 2.23. The molecular weight excluding hydrogens is 751 g/mol. The van der Waals surface area contributed by atoms with Crippen LogP contribution in [0.15, 0.2) is 180 Å². The highest BCUT2D eigenvalue weighted by atomic mass is 16.3. The lowest BCUT2D eigenvalue weighted by atomic mass is 10.0. The SMILES string of the molecule is N#Cc1ccc(-c2nc(-c3ccccc3)nc(-c3ccc(-n4c5ccccc5c5c6oc7c(ccc8c7c7ccccc7n8-c7ccccc7)c6ccc54)cc3)n2)cc1C#N. The van der Waals surface area contributed by atoms with E-state index in [0.29, 0.717) is 28.6 Å². The summed E-state index contributed by atoms with van der Waals surface area (Å²) in [6, 6.07) is 63.6. The van der Waals surface area contributed by atoms with Gasteiger partial charge in [0.05, 0.1) is 44.0 Å². The molecule has 0 saturated carbocycles. The Bertz CT molecular complexity index is 3830. The van der Waals surface area contributed by atoms with Crippen LogP contribution in [0.1, 0.15) is 11.1 Å². The number of hydrogen-bond acceptors (Lipinski definition) is 6. The number of hydrogen-bond donors (Lipinski definition) is 0. The molecule has 8 heteroatoms. The second kappa shape index (κ2) is 13.4. The molecule has 61 heavy (non-hydrogen) atoms. The Kier molecular flexibility index (Phi) is 7.49. The van der Waals surface area contributed by atoms with Crippen molar-refractivity contribution in [2.75, 3.05) is 0 Å². The van der Waals surface area contributed by atoms with Crippen molar-refractivity contribution in [1.29, 1.82) is 10.5 Å². The Morgan fingerprint density at radius 2 is 0.836 bits per heavy atom. The van der Waals surface area contributed by atoms with Gasteiger partial charge in [-0.05, 0) is 91.0 Å². The number of furan rings is 1. The van der Waals surface area contributed by atoms with Gasteiger partial charge in [0.25, 0.3) is 0 Å². The first-order valence-corrected chi connectivity index (χ1v) is 19.9. The van der Waals surface area contributed by atoms with Crippen molar-refractivity contribution in [1.82, 2.24) is 24.1 Å². The van der Waals surface area contributed by atoms with Crippen LogP contribution in [0.4, 0.5) is 0 Å². The second-order valence-corrected chi connectivity index (χ2v) is 15.0. The summed E-state index contributed by atoms with van der Waals surface area (Å²) in [6.45, 7) is 0. The van der Waals surface area contributed by atoms with Gasteiger partial charge in [0.2, 0.25) is 0 Å². The molecule has 0 radical (unpaired) electrons. The van der Waals surface area contributed by atoms with Gasteiger partial charge in [0.15, 0.2) is 17.5 Å². The first kappa shape index (κ1) is 34.2. The fraction of sp³-hybridized carbons (Fsp3) is 0. The standard InChI is InChI=1S/C53H29N7O/c54-30-35-20-19-34(29-36(35)31-55)53-57-51(32-11-3-1-4-12-32)56-52(58-53)33-21-23-38(24-22-33)60-44-18-10-8-16-42(44)48-46(60)28-26-40-39-25-27-45-47(49(39)61-50(40)48)41-15-7-9-17-43(41)59(45)37-13-5-2-6-14-37/h1-29H. The smallest absolute Gasteiger partial charge is 0.164 e. The van der Waals surface area contributed by atoms with Gasteiger partial charge < -0.3 is 13.6 Å². The normalized spacial score (nSPS) is 11.6. The van der Waals surface area contributed by atoms with E-state index in [1.54, 1.807) is 18.2 Å². The van der Waals surface area contributed by atoms with Gasteiger partial charge in [-0.2, -0.15) is 10.5 Å². The summed E-state index contributed by atoms with van der Waals surface area (Å²) in [5.41, 5.74) is 11.0. The molecule has 12 rings (SSSR count). The molecule has 0 N–H and O–H groups in total. The van der Waals surface area contributed by atoms with Crippen LogP contribution in [0.2, 0.25) is 0 Å². The first-order valence-electron chi connectivity index (χ1n) is 19.9. The third kappa shape index (κ3) is 5.20. The molecule has 0 unspecified atom stereocenters. The molecule has 0 spiro atoms. The van der Waals surface area contributed by atoms with E-state index in [4.69, 9.17) is 19.4 Å². The van der Waals surface area contributed by atoms with E-state index < -0.39 is 0 Å². The van der Waals surface area contributed by atoms with Gasteiger partial charge in [-0.25, -0.2) is 15.0 Å². The molecule has 0 aliphatic carbocycles. The highest BCUT2D eigenvalue weighted by Crippen LogP contribution is 2.45. The fourth-order valence-electron chi connectivity index (χ4n) is 8.91. The van der Waals surface area contributed by atoms with Crippen molar-refractivity contribution in [3.8, 4) is 57.7 Å². The van der Waals surface area contributed by atoms with Crippen molar-refractivity contribution in [2.24, 2.45) is 0 Å². The Labute approximate surface area is 348 Å². The lowest BCUT2D eigenvalue weighted by Crippen LogP contribution is -2.01. The molecular formula is C53H29N7O. The molecule has 0 amide bonds. The third-order valence-electron chi connectivity index (χ3n) is 11.7. The van der Waals surface area contributed by atoms with Crippen LogP contribution in [-0.4, -0.2) is 24.1 Å². The molecule has 0 aliphatic rings. The van der Waals surface area contributed by atoms with E-state index in [9.17, 15) is 10.5 Å². The Morgan fingerprint density at radius 3 is 1.39 bits per heavy atom. The summed E-state index contributed by atoms with van der Waals surface area (Å²) in [4.78, 5) is 14.6. The zero-order valence-electron chi connectivity index (χ0n) is 32.3. The second-order valence-electron chi connectivity index (χ2n) is 15.0. The Balaban J connectivity index is 1.03. The predicted octanol–water partition coefficient (Wildman–Crippen LogP) is 12.7. The Morgan fingerprint density at radius 1 is 0.377 bits per heavy atom. The topological polar surface area (TPSA) is 109 Å². The molecule has 0 fully saturated rings. The van der Waals surface area contributed by atoms with Crippen molar-refractivity contribution in [3.63, 3.8) is 0 Å². The van der Waals surface area contributed by atoms with Gasteiger partial charge in [-0.15, -0.1) is 0 Å². The number of nitriles is 2. The molecule has 8 aromatic carbocycles. The van der Waals surface area contributed by atoms with Crippen LogP contribution in [-0.2, 0) is 0 Å². The first-order chi connectivity index (χ1) is 30.2. The zero-order chi connectivity index (χ0) is 40.6. The van der Waals surface area contributed by atoms with Crippen LogP contribution in [0, 0.1) is 22.7 Å². The molecule has 8 nitrogen and oxygen atoms in total. The molecule has 12 aromatic rings. The molecule has 0 saturated heterocycles. The van der Waals surface area contributed by atoms with E-state index in [0.717, 1.165) is 88.1 Å². The van der Waals surface area contributed by atoms with Gasteiger partial charge in [0.1, 0.15) is 23.3 Å². The monoisotopic (exact) mass is 779 g/mol. The largest absolute Gasteiger partial charge is 0.455 e. The molecule has 4 heterocycles. The summed E-state index contributed by atoms with van der Waals surface area (Å²) in [5.74, 6) is 1.41. The lowest BCUT2D eigenvalue weighted by molar-refractivity contribution is 0.677. The summed E-state index contributed by atoms with van der Waals surface area (Å²) in [6.07, 6.45) is 0. The summed E-state index contributed by atoms with van der Waals surface area (Å²) in [7, 11) is 0. The number of rotatable bonds is 5. The van der Waals surface area contributed by atoms with Crippen LogP contribution in [0.3, 0.4) is 0 Å². The van der Waals surface area contributed by atoms with E-state index in [-0.39, 0.29) is 5.56 Å². The average Bonchev–Trinajstić information content (AvgIpc) is 3.99. The lowest BCUT2D eigenvalue weighted by Gasteiger charge is -2.11. The number of benzene rings is 8. The molecule has 0 bridgehead atoms. The summed E-state index contributed by atoms with van der Waals surface area (Å²) in [5, 5.41) is 25.8. The number of para-hydroxylation sites is 3. The van der Waals surface area contributed by atoms with Gasteiger partial charge in [-0.3, -0.25) is 0 Å². The minimum absolute atomic E-state index is 0.266. The van der Waals surface area contributed by atoms with Crippen molar-refractivity contribution < 1.29 is 4.42 Å². The van der Waals surface area contributed by atoms with Crippen LogP contribution in [0.25, 0.3) is 111 Å². The quantitative estimate of drug-likeness (QED) is 0.172. The zero-order valence-corrected chi connectivity index (χ0v) is 32.3. The maximum atomic E-state index is 9.76. The maximum Gasteiger partial charge on any atom is 0.164 e. The van der Waals surface area contributed by atoms with Crippen LogP contribution >= 0.6 is 0 Å². The Hall–Kier alpha value is -8.85. The fourth-order valence-corrected chi connectivity index (χ4v) is 8.91. The van der Waals surface area contributed by atoms with Gasteiger partial charge in [-0.1, -0.05) is 84.9 Å². The van der Waals surface area contributed by atoms with Crippen molar-refractivity contribution >= 4 is 65.6 Å². The summed E-state index contributed by atoms with van der Waals surface area (Å²) < 4.78 is 11.7. The highest BCUT2D eigenvalue weighted by molar-refractivity contribution is 6.29. The number of aromatic nitrogens is 5. The van der Waals surface area contributed by atoms with E-state index >= 15 is 0 Å². The molecule has 0 atom stereocenters. The van der Waals surface area contributed by atoms with E-state index in [1.807, 2.05) is 48.5 Å². The molecule has 282 valence electrons. The minimum Gasteiger partial charge on any atom is -0.455 e. The minimum atomic E-state index is 0.266. The predicted molar refractivity (Wildman–Crippen MR) is 242 cm³/mol. The summed E-state index contributed by atoms with van der Waals surface area (Å²) >= 11 is 0. The van der Waals surface area contributed by atoms with Crippen molar-refractivity contribution in [3.05, 3.63) is 187 Å². The van der Waals surface area contributed by atoms with Gasteiger partial charge in [0, 0.05) is 49.6 Å². The number of fused-ring (bicyclic) bond motifs is 11. The molecule has 0 aliphatic heterocycles. The van der Waals surface area contributed by atoms with Crippen LogP contribution in [0.5, 0.6) is 0 Å². The van der Waals surface area contributed by atoms with Crippen molar-refractivity contribution in [2.45, 2.75) is 0 Å². The van der Waals surface area contributed by atoms with Crippen LogP contribution < -0.4 is 0 Å². The van der Waals surface area contributed by atoms with E-state index in [1.165, 1.54) is 0 Å². The van der Waals surface area contributed by atoms with E-state index in [2.05, 4.69) is 130 Å². The molecule has 4 aromatic heterocycles. The van der Waals surface area contributed by atoms with Gasteiger partial charge >= 0.3 is 0 Å². The average molecular weight is 780 g/mol. The third-order valence-corrected chi connectivity index (χ3v) is 11.7. The maximum absolute atomic E-state index is 9.76. The number of nitrogens with zero attached hydrogens (tertiary/aromatic N) is 7.